The van der Waals surface area contributed by atoms with Crippen molar-refractivity contribution in [3.8, 4) is 16.9 Å². The Balaban J connectivity index is 2.65. The van der Waals surface area contributed by atoms with Gasteiger partial charge >= 0.3 is 0 Å². The average molecular weight is 283 g/mol. The van der Waals surface area contributed by atoms with Crippen LogP contribution in [0.25, 0.3) is 11.1 Å². The van der Waals surface area contributed by atoms with Gasteiger partial charge in [0.2, 0.25) is 5.88 Å². The predicted octanol–water partition coefficient (Wildman–Crippen LogP) is 2.95. The zero-order chi connectivity index (χ0) is 11.7. The van der Waals surface area contributed by atoms with Crippen molar-refractivity contribution in [2.45, 2.75) is 13.3 Å². The van der Waals surface area contributed by atoms with Crippen LogP contribution in [0.1, 0.15) is 12.5 Å². The molecule has 0 saturated carbocycles. The molecule has 0 amide bonds. The number of phenols is 1. The molecule has 3 N–H and O–H groups in total. The second-order valence-corrected chi connectivity index (χ2v) is 4.33. The highest BCUT2D eigenvalue weighted by Gasteiger charge is 2.14. The molecule has 0 aliphatic rings. The second kappa shape index (κ2) is 4.17. The number of phenolic OH excluding ortho intramolecular Hbond substituents is 1. The zero-order valence-corrected chi connectivity index (χ0v) is 10.3. The monoisotopic (exact) mass is 282 g/mol. The Morgan fingerprint density at radius 3 is 2.75 bits per heavy atom. The van der Waals surface area contributed by atoms with Gasteiger partial charge in [-0.05, 0) is 24.1 Å². The Kier molecular flexibility index (Phi) is 2.87. The molecule has 1 heterocycles. The van der Waals surface area contributed by atoms with Gasteiger partial charge in [0.05, 0.1) is 11.8 Å². The van der Waals surface area contributed by atoms with Gasteiger partial charge in [-0.2, -0.15) is 0 Å². The number of benzene rings is 1. The molecule has 1 aromatic carbocycles. The SMILES string of the molecule is CCc1cc(Br)cc(-c2cnoc2N)c1O. The minimum atomic E-state index is 0.204. The van der Waals surface area contributed by atoms with Crippen LogP contribution in [-0.4, -0.2) is 10.3 Å². The normalized spacial score (nSPS) is 10.6. The van der Waals surface area contributed by atoms with Crippen molar-refractivity contribution in [2.75, 3.05) is 5.73 Å². The number of nitrogens with zero attached hydrogens (tertiary/aromatic N) is 1. The zero-order valence-electron chi connectivity index (χ0n) is 8.70. The van der Waals surface area contributed by atoms with Crippen molar-refractivity contribution in [1.82, 2.24) is 5.16 Å². The summed E-state index contributed by atoms with van der Waals surface area (Å²) in [6.07, 6.45) is 2.24. The lowest BCUT2D eigenvalue weighted by atomic mass is 10.0. The third-order valence-electron chi connectivity index (χ3n) is 2.42. The van der Waals surface area contributed by atoms with Gasteiger partial charge in [0.25, 0.3) is 0 Å². The average Bonchev–Trinajstić information content (AvgIpc) is 2.67. The van der Waals surface area contributed by atoms with E-state index in [0.29, 0.717) is 11.1 Å². The van der Waals surface area contributed by atoms with E-state index in [2.05, 4.69) is 21.1 Å². The van der Waals surface area contributed by atoms with Crippen molar-refractivity contribution >= 4 is 21.8 Å². The number of nitrogens with two attached hydrogens (primary N) is 1. The molecule has 0 aliphatic carbocycles. The summed E-state index contributed by atoms with van der Waals surface area (Å²) in [6.45, 7) is 1.97. The van der Waals surface area contributed by atoms with Crippen LogP contribution in [0.4, 0.5) is 5.88 Å². The number of hydrogen-bond acceptors (Lipinski definition) is 4. The molecule has 0 atom stereocenters. The van der Waals surface area contributed by atoms with Crippen LogP contribution in [0.3, 0.4) is 0 Å². The minimum Gasteiger partial charge on any atom is -0.507 e. The number of anilines is 1. The molecule has 0 radical (unpaired) electrons. The number of nitrogen functional groups attached to an aromatic ring is 1. The van der Waals surface area contributed by atoms with Crippen LogP contribution in [0.15, 0.2) is 27.3 Å². The third-order valence-corrected chi connectivity index (χ3v) is 2.88. The summed E-state index contributed by atoms with van der Waals surface area (Å²) in [5, 5.41) is 13.7. The summed E-state index contributed by atoms with van der Waals surface area (Å²) < 4.78 is 5.68. The minimum absolute atomic E-state index is 0.204. The number of aryl methyl sites for hydroxylation is 1. The van der Waals surface area contributed by atoms with Crippen LogP contribution < -0.4 is 5.73 Å². The summed E-state index contributed by atoms with van der Waals surface area (Å²) >= 11 is 3.40. The number of aromatic hydroxyl groups is 1. The van der Waals surface area contributed by atoms with Gasteiger partial charge in [0, 0.05) is 10.0 Å². The van der Waals surface area contributed by atoms with Gasteiger partial charge in [-0.3, -0.25) is 0 Å². The molecule has 0 bridgehead atoms. The first-order valence-corrected chi connectivity index (χ1v) is 5.64. The number of rotatable bonds is 2. The second-order valence-electron chi connectivity index (χ2n) is 3.42. The Bertz CT molecular complexity index is 523. The Hall–Kier alpha value is -1.49. The van der Waals surface area contributed by atoms with E-state index in [1.54, 1.807) is 6.07 Å². The maximum Gasteiger partial charge on any atom is 0.230 e. The Morgan fingerprint density at radius 1 is 1.44 bits per heavy atom. The molecule has 0 saturated heterocycles. The van der Waals surface area contributed by atoms with Crippen LogP contribution in [0, 0.1) is 0 Å². The first-order chi connectivity index (χ1) is 7.63. The van der Waals surface area contributed by atoms with Crippen LogP contribution in [-0.2, 0) is 6.42 Å². The van der Waals surface area contributed by atoms with E-state index in [-0.39, 0.29) is 11.6 Å². The highest BCUT2D eigenvalue weighted by atomic mass is 79.9. The molecular weight excluding hydrogens is 272 g/mol. The summed E-state index contributed by atoms with van der Waals surface area (Å²) in [7, 11) is 0. The molecule has 4 nitrogen and oxygen atoms in total. The number of aromatic nitrogens is 1. The number of halogens is 1. The van der Waals surface area contributed by atoms with Gasteiger partial charge < -0.3 is 15.4 Å². The molecule has 0 unspecified atom stereocenters. The van der Waals surface area contributed by atoms with Gasteiger partial charge in [0.15, 0.2) is 0 Å². The molecule has 16 heavy (non-hydrogen) atoms. The molecule has 0 fully saturated rings. The van der Waals surface area contributed by atoms with Crippen molar-refractivity contribution in [1.29, 1.82) is 0 Å². The highest BCUT2D eigenvalue weighted by Crippen LogP contribution is 2.37. The lowest BCUT2D eigenvalue weighted by Gasteiger charge is -2.08. The summed E-state index contributed by atoms with van der Waals surface area (Å²) in [4.78, 5) is 0. The van der Waals surface area contributed by atoms with Gasteiger partial charge in [-0.1, -0.05) is 28.0 Å². The van der Waals surface area contributed by atoms with Crippen LogP contribution >= 0.6 is 15.9 Å². The molecule has 2 aromatic rings. The van der Waals surface area contributed by atoms with Gasteiger partial charge in [-0.15, -0.1) is 0 Å². The Morgan fingerprint density at radius 2 is 2.19 bits per heavy atom. The largest absolute Gasteiger partial charge is 0.507 e. The number of hydrogen-bond donors (Lipinski definition) is 2. The standard InChI is InChI=1S/C11H11BrN2O2/c1-2-6-3-7(12)4-8(10(6)15)9-5-14-16-11(9)13/h3-5,15H,2,13H2,1H3. The topological polar surface area (TPSA) is 72.3 Å². The molecule has 1 aromatic heterocycles. The highest BCUT2D eigenvalue weighted by molar-refractivity contribution is 9.10. The molecule has 0 aliphatic heterocycles. The maximum absolute atomic E-state index is 10.1. The van der Waals surface area contributed by atoms with Gasteiger partial charge in [0.1, 0.15) is 5.75 Å². The van der Waals surface area contributed by atoms with E-state index in [4.69, 9.17) is 10.3 Å². The fourth-order valence-corrected chi connectivity index (χ4v) is 2.09. The van der Waals surface area contributed by atoms with Crippen molar-refractivity contribution in [3.63, 3.8) is 0 Å². The molecular formula is C11H11BrN2O2. The Labute approximate surface area is 101 Å². The molecule has 0 spiro atoms. The summed E-state index contributed by atoms with van der Waals surface area (Å²) in [5.74, 6) is 0.427. The fourth-order valence-electron chi connectivity index (χ4n) is 1.58. The smallest absolute Gasteiger partial charge is 0.230 e. The fraction of sp³-hybridized carbons (Fsp3) is 0.182. The lowest BCUT2D eigenvalue weighted by molar-refractivity contribution is 0.436. The molecule has 84 valence electrons. The predicted molar refractivity (Wildman–Crippen MR) is 65.1 cm³/mol. The van der Waals surface area contributed by atoms with Crippen LogP contribution in [0.2, 0.25) is 0 Å². The van der Waals surface area contributed by atoms with Gasteiger partial charge in [-0.25, -0.2) is 0 Å². The van der Waals surface area contributed by atoms with E-state index in [9.17, 15) is 5.11 Å². The molecule has 2 rings (SSSR count). The van der Waals surface area contributed by atoms with E-state index >= 15 is 0 Å². The lowest BCUT2D eigenvalue weighted by Crippen LogP contribution is -1.89. The van der Waals surface area contributed by atoms with Crippen molar-refractivity contribution in [2.24, 2.45) is 0 Å². The van der Waals surface area contributed by atoms with E-state index < -0.39 is 0 Å². The van der Waals surface area contributed by atoms with Crippen LogP contribution in [0.5, 0.6) is 5.75 Å². The first-order valence-electron chi connectivity index (χ1n) is 4.85. The quantitative estimate of drug-likeness (QED) is 0.888. The summed E-state index contributed by atoms with van der Waals surface area (Å²) in [6, 6.07) is 3.67. The first kappa shape index (κ1) is 11.0. The van der Waals surface area contributed by atoms with Crippen molar-refractivity contribution < 1.29 is 9.63 Å². The molecule has 5 heteroatoms. The van der Waals surface area contributed by atoms with E-state index in [1.807, 2.05) is 13.0 Å². The van der Waals surface area contributed by atoms with E-state index in [0.717, 1.165) is 16.5 Å². The van der Waals surface area contributed by atoms with Crippen molar-refractivity contribution in [3.05, 3.63) is 28.4 Å². The van der Waals surface area contributed by atoms with E-state index in [1.165, 1.54) is 6.20 Å². The summed E-state index contributed by atoms with van der Waals surface area (Å²) in [5.41, 5.74) is 7.71. The third kappa shape index (κ3) is 1.78. The maximum atomic E-state index is 10.1.